The van der Waals surface area contributed by atoms with E-state index >= 15 is 0 Å². The molecule has 1 aliphatic heterocycles. The lowest BCUT2D eigenvalue weighted by Crippen LogP contribution is -2.27. The van der Waals surface area contributed by atoms with Crippen LogP contribution in [0.5, 0.6) is 5.75 Å². The van der Waals surface area contributed by atoms with Gasteiger partial charge in [-0.1, -0.05) is 0 Å². The summed E-state index contributed by atoms with van der Waals surface area (Å²) in [5, 5.41) is 28.3. The van der Waals surface area contributed by atoms with Crippen molar-refractivity contribution >= 4 is 17.6 Å². The molecule has 0 amide bonds. The van der Waals surface area contributed by atoms with Gasteiger partial charge in [0.1, 0.15) is 5.75 Å². The molecule has 0 radical (unpaired) electrons. The minimum atomic E-state index is -1.26. The lowest BCUT2D eigenvalue weighted by molar-refractivity contribution is -0.134. The van der Waals surface area contributed by atoms with Crippen molar-refractivity contribution in [1.29, 1.82) is 0 Å². The predicted molar refractivity (Wildman–Crippen MR) is 80.0 cm³/mol. The Morgan fingerprint density at radius 2 is 1.82 bits per heavy atom. The van der Waals surface area contributed by atoms with Crippen LogP contribution in [-0.2, 0) is 9.59 Å². The summed E-state index contributed by atoms with van der Waals surface area (Å²) in [6, 6.07) is 1.76. The molecule has 1 aliphatic rings. The fourth-order valence-electron chi connectivity index (χ4n) is 1.84. The number of aromatic nitrogens is 1. The van der Waals surface area contributed by atoms with Crippen LogP contribution in [0.2, 0.25) is 0 Å². The average molecular weight is 309 g/mol. The summed E-state index contributed by atoms with van der Waals surface area (Å²) in [4.78, 5) is 25.3. The fourth-order valence-corrected chi connectivity index (χ4v) is 1.84. The van der Waals surface area contributed by atoms with Crippen molar-refractivity contribution in [1.82, 2.24) is 10.3 Å². The fraction of sp³-hybridized carbons (Fsp3) is 0.357. The van der Waals surface area contributed by atoms with Crippen LogP contribution in [0, 0.1) is 0 Å². The zero-order chi connectivity index (χ0) is 16.4. The highest BCUT2D eigenvalue weighted by Crippen LogP contribution is 2.18. The molecule has 0 unspecified atom stereocenters. The molecular weight excluding hydrogens is 290 g/mol. The highest BCUT2D eigenvalue weighted by Gasteiger charge is 2.09. The maximum atomic E-state index is 9.55. The van der Waals surface area contributed by atoms with Crippen molar-refractivity contribution in [3.05, 3.63) is 30.6 Å². The van der Waals surface area contributed by atoms with Crippen LogP contribution in [0.1, 0.15) is 6.42 Å². The second-order valence-corrected chi connectivity index (χ2v) is 4.50. The summed E-state index contributed by atoms with van der Waals surface area (Å²) in [5.41, 5.74) is 1.01. The molecule has 1 fully saturated rings. The molecule has 0 spiro atoms. The standard InChI is InChI=1S/C10H15N3O.C4H4O4/c14-10-6-9(7-12-8-10)13-4-1-2-11-3-5-13;5-3(6)1-2-4(7)8/h6-8,11,14H,1-5H2;1-2H,(H,5,6)(H,7,8)/b;2-1+. The van der Waals surface area contributed by atoms with Gasteiger partial charge in [0.25, 0.3) is 0 Å². The van der Waals surface area contributed by atoms with Crippen molar-refractivity contribution in [2.75, 3.05) is 31.1 Å². The Hall–Kier alpha value is -2.61. The maximum Gasteiger partial charge on any atom is 0.328 e. The summed E-state index contributed by atoms with van der Waals surface area (Å²) in [7, 11) is 0. The number of hydrogen-bond donors (Lipinski definition) is 4. The molecule has 1 aromatic rings. The van der Waals surface area contributed by atoms with Crippen LogP contribution < -0.4 is 10.2 Å². The lowest BCUT2D eigenvalue weighted by atomic mass is 10.3. The van der Waals surface area contributed by atoms with Gasteiger partial charge in [-0.3, -0.25) is 4.98 Å². The van der Waals surface area contributed by atoms with Gasteiger partial charge < -0.3 is 25.5 Å². The third-order valence-electron chi connectivity index (χ3n) is 2.78. The molecule has 1 saturated heterocycles. The Labute approximate surface area is 127 Å². The minimum absolute atomic E-state index is 0.236. The molecule has 22 heavy (non-hydrogen) atoms. The largest absolute Gasteiger partial charge is 0.506 e. The van der Waals surface area contributed by atoms with Gasteiger partial charge in [0.15, 0.2) is 0 Å². The van der Waals surface area contributed by atoms with Crippen molar-refractivity contribution < 1.29 is 24.9 Å². The van der Waals surface area contributed by atoms with E-state index in [1.807, 2.05) is 0 Å². The number of aromatic hydroxyl groups is 1. The Morgan fingerprint density at radius 1 is 1.14 bits per heavy atom. The van der Waals surface area contributed by atoms with Gasteiger partial charge in [-0.2, -0.15) is 0 Å². The van der Waals surface area contributed by atoms with Gasteiger partial charge in [-0.25, -0.2) is 9.59 Å². The Kier molecular flexibility index (Phi) is 7.41. The first-order chi connectivity index (χ1) is 10.5. The molecule has 0 atom stereocenters. The molecule has 0 saturated carbocycles. The van der Waals surface area contributed by atoms with Crippen LogP contribution in [0.4, 0.5) is 5.69 Å². The summed E-state index contributed by atoms with van der Waals surface area (Å²) in [5.74, 6) is -2.28. The van der Waals surface area contributed by atoms with Gasteiger partial charge >= 0.3 is 11.9 Å². The number of aliphatic carboxylic acids is 2. The number of hydrogen-bond acceptors (Lipinski definition) is 6. The quantitative estimate of drug-likeness (QED) is 0.588. The number of pyridine rings is 1. The van der Waals surface area contributed by atoms with Gasteiger partial charge in [-0.05, 0) is 13.0 Å². The molecule has 0 bridgehead atoms. The summed E-state index contributed by atoms with van der Waals surface area (Å²) in [6.45, 7) is 4.07. The monoisotopic (exact) mass is 309 g/mol. The van der Waals surface area contributed by atoms with Crippen molar-refractivity contribution in [2.45, 2.75) is 6.42 Å². The van der Waals surface area contributed by atoms with Crippen LogP contribution >= 0.6 is 0 Å². The number of nitrogens with one attached hydrogen (secondary N) is 1. The summed E-state index contributed by atoms with van der Waals surface area (Å²) < 4.78 is 0. The molecule has 8 heteroatoms. The second-order valence-electron chi connectivity index (χ2n) is 4.50. The normalized spacial score (nSPS) is 14.8. The van der Waals surface area contributed by atoms with E-state index in [0.717, 1.165) is 38.3 Å². The summed E-state index contributed by atoms with van der Waals surface area (Å²) >= 11 is 0. The molecule has 4 N–H and O–H groups in total. The number of carboxylic acid groups (broad SMARTS) is 2. The maximum absolute atomic E-state index is 9.55. The van der Waals surface area contributed by atoms with Gasteiger partial charge in [-0.15, -0.1) is 0 Å². The molecule has 2 rings (SSSR count). The number of rotatable bonds is 3. The van der Waals surface area contributed by atoms with Gasteiger partial charge in [0, 0.05) is 37.9 Å². The number of carboxylic acids is 2. The Balaban J connectivity index is 0.000000261. The lowest BCUT2D eigenvalue weighted by Gasteiger charge is -2.21. The zero-order valence-electron chi connectivity index (χ0n) is 12.0. The molecule has 0 aliphatic carbocycles. The number of nitrogens with zero attached hydrogens (tertiary/aromatic N) is 2. The highest BCUT2D eigenvalue weighted by molar-refractivity contribution is 5.89. The topological polar surface area (TPSA) is 123 Å². The van der Waals surface area contributed by atoms with Crippen LogP contribution in [-0.4, -0.2) is 58.4 Å². The Bertz CT molecular complexity index is 509. The molecule has 120 valence electrons. The smallest absolute Gasteiger partial charge is 0.328 e. The van der Waals surface area contributed by atoms with Crippen molar-refractivity contribution in [3.8, 4) is 5.75 Å². The van der Waals surface area contributed by atoms with Crippen LogP contribution in [0.25, 0.3) is 0 Å². The van der Waals surface area contributed by atoms with Crippen LogP contribution in [0.15, 0.2) is 30.6 Å². The van der Waals surface area contributed by atoms with Crippen molar-refractivity contribution in [3.63, 3.8) is 0 Å². The highest BCUT2D eigenvalue weighted by atomic mass is 16.4. The molecule has 0 aromatic carbocycles. The number of carbonyl (C=O) groups is 2. The predicted octanol–water partition coefficient (Wildman–Crippen LogP) is 0.299. The zero-order valence-corrected chi connectivity index (χ0v) is 12.0. The third kappa shape index (κ3) is 7.25. The summed E-state index contributed by atoms with van der Waals surface area (Å²) in [6.07, 6.45) is 5.50. The van der Waals surface area contributed by atoms with Gasteiger partial charge in [0.2, 0.25) is 0 Å². The van der Waals surface area contributed by atoms with E-state index in [4.69, 9.17) is 10.2 Å². The van der Waals surface area contributed by atoms with Crippen molar-refractivity contribution in [2.24, 2.45) is 0 Å². The van der Waals surface area contributed by atoms with E-state index in [1.165, 1.54) is 6.20 Å². The second kappa shape index (κ2) is 9.35. The molecule has 1 aromatic heterocycles. The first-order valence-electron chi connectivity index (χ1n) is 6.72. The first-order valence-corrected chi connectivity index (χ1v) is 6.72. The minimum Gasteiger partial charge on any atom is -0.506 e. The third-order valence-corrected chi connectivity index (χ3v) is 2.78. The molecular formula is C14H19N3O5. The molecule has 2 heterocycles. The van der Waals surface area contributed by atoms with Gasteiger partial charge in [0.05, 0.1) is 18.1 Å². The Morgan fingerprint density at radius 3 is 2.41 bits per heavy atom. The van der Waals surface area contributed by atoms with Crippen LogP contribution in [0.3, 0.4) is 0 Å². The van der Waals surface area contributed by atoms with E-state index in [1.54, 1.807) is 12.3 Å². The van der Waals surface area contributed by atoms with E-state index in [0.29, 0.717) is 12.2 Å². The van der Waals surface area contributed by atoms with E-state index in [2.05, 4.69) is 15.2 Å². The SMILES string of the molecule is O=C(O)/C=C/C(=O)O.Oc1cncc(N2CCCNCC2)c1. The van der Waals surface area contributed by atoms with E-state index in [-0.39, 0.29) is 5.75 Å². The average Bonchev–Trinajstić information content (AvgIpc) is 2.75. The van der Waals surface area contributed by atoms with E-state index in [9.17, 15) is 14.7 Å². The molecule has 8 nitrogen and oxygen atoms in total. The first kappa shape index (κ1) is 17.4. The van der Waals surface area contributed by atoms with E-state index < -0.39 is 11.9 Å². The number of anilines is 1.